The fourth-order valence-electron chi connectivity index (χ4n) is 2.28. The SMILES string of the molecule is C[Si](C)(OCC1CCCO1)c1c(F)c(F)c(F)c(F)c1F. The van der Waals surface area contributed by atoms with Crippen LogP contribution in [0.2, 0.25) is 13.1 Å². The third kappa shape index (κ3) is 3.12. The maximum Gasteiger partial charge on any atom is 0.224 e. The topological polar surface area (TPSA) is 18.5 Å². The van der Waals surface area contributed by atoms with Crippen molar-refractivity contribution < 1.29 is 31.1 Å². The van der Waals surface area contributed by atoms with Crippen LogP contribution in [0, 0.1) is 29.1 Å². The van der Waals surface area contributed by atoms with E-state index in [9.17, 15) is 22.0 Å². The summed E-state index contributed by atoms with van der Waals surface area (Å²) in [6, 6.07) is 0. The van der Waals surface area contributed by atoms with Crippen LogP contribution in [0.5, 0.6) is 0 Å². The van der Waals surface area contributed by atoms with Crippen LogP contribution in [0.4, 0.5) is 22.0 Å². The van der Waals surface area contributed by atoms with Crippen molar-refractivity contribution in [1.82, 2.24) is 0 Å². The molecule has 1 heterocycles. The van der Waals surface area contributed by atoms with Gasteiger partial charge in [-0.15, -0.1) is 0 Å². The van der Waals surface area contributed by atoms with E-state index in [2.05, 4.69) is 0 Å². The lowest BCUT2D eigenvalue weighted by Crippen LogP contribution is -2.50. The molecule has 0 bridgehead atoms. The smallest absolute Gasteiger partial charge is 0.224 e. The minimum Gasteiger partial charge on any atom is -0.410 e. The van der Waals surface area contributed by atoms with Gasteiger partial charge in [-0.05, 0) is 25.9 Å². The lowest BCUT2D eigenvalue weighted by molar-refractivity contribution is 0.0659. The average molecular weight is 326 g/mol. The zero-order chi connectivity index (χ0) is 15.8. The molecule has 0 N–H and O–H groups in total. The molecule has 1 saturated heterocycles. The third-order valence-electron chi connectivity index (χ3n) is 3.47. The van der Waals surface area contributed by atoms with E-state index in [4.69, 9.17) is 9.16 Å². The van der Waals surface area contributed by atoms with E-state index in [0.29, 0.717) is 6.61 Å². The van der Waals surface area contributed by atoms with Gasteiger partial charge < -0.3 is 9.16 Å². The van der Waals surface area contributed by atoms with Crippen molar-refractivity contribution in [3.63, 3.8) is 0 Å². The first-order valence-corrected chi connectivity index (χ1v) is 9.44. The number of benzene rings is 1. The van der Waals surface area contributed by atoms with Gasteiger partial charge in [-0.3, -0.25) is 0 Å². The second-order valence-corrected chi connectivity index (χ2v) is 9.21. The molecule has 1 aromatic carbocycles. The molecular formula is C13H15F5O2Si. The Morgan fingerprint density at radius 3 is 2.00 bits per heavy atom. The van der Waals surface area contributed by atoms with Crippen LogP contribution in [0.25, 0.3) is 0 Å². The van der Waals surface area contributed by atoms with Crippen molar-refractivity contribution in [3.05, 3.63) is 29.1 Å². The van der Waals surface area contributed by atoms with Crippen molar-refractivity contribution in [2.24, 2.45) is 0 Å². The summed E-state index contributed by atoms with van der Waals surface area (Å²) in [5, 5.41) is -0.836. The van der Waals surface area contributed by atoms with E-state index in [-0.39, 0.29) is 12.7 Å². The Labute approximate surface area is 120 Å². The van der Waals surface area contributed by atoms with Gasteiger partial charge in [0.25, 0.3) is 0 Å². The van der Waals surface area contributed by atoms with Crippen LogP contribution in [0.15, 0.2) is 0 Å². The Morgan fingerprint density at radius 1 is 1.00 bits per heavy atom. The fraction of sp³-hybridized carbons (Fsp3) is 0.538. The van der Waals surface area contributed by atoms with Crippen LogP contribution >= 0.6 is 0 Å². The van der Waals surface area contributed by atoms with Crippen LogP contribution in [-0.4, -0.2) is 27.6 Å². The highest BCUT2D eigenvalue weighted by Crippen LogP contribution is 2.21. The number of rotatable bonds is 4. The first kappa shape index (κ1) is 16.4. The van der Waals surface area contributed by atoms with Crippen molar-refractivity contribution in [3.8, 4) is 0 Å². The maximum absolute atomic E-state index is 13.8. The lowest BCUT2D eigenvalue weighted by Gasteiger charge is -2.26. The Hall–Kier alpha value is -0.993. The van der Waals surface area contributed by atoms with E-state index in [0.717, 1.165) is 12.8 Å². The van der Waals surface area contributed by atoms with Gasteiger partial charge in [0.1, 0.15) is 0 Å². The molecule has 0 saturated carbocycles. The van der Waals surface area contributed by atoms with Crippen LogP contribution in [0.1, 0.15) is 12.8 Å². The highest BCUT2D eigenvalue weighted by Gasteiger charge is 2.38. The summed E-state index contributed by atoms with van der Waals surface area (Å²) in [6.07, 6.45) is 1.41. The summed E-state index contributed by atoms with van der Waals surface area (Å²) in [5.41, 5.74) is 0. The summed E-state index contributed by atoms with van der Waals surface area (Å²) in [6.45, 7) is 3.44. The molecule has 118 valence electrons. The molecule has 0 amide bonds. The van der Waals surface area contributed by atoms with Gasteiger partial charge in [0.15, 0.2) is 23.3 Å². The van der Waals surface area contributed by atoms with E-state index in [1.54, 1.807) is 0 Å². The highest BCUT2D eigenvalue weighted by atomic mass is 28.4. The largest absolute Gasteiger partial charge is 0.410 e. The Kier molecular flexibility index (Phi) is 4.69. The van der Waals surface area contributed by atoms with Crippen LogP contribution in [-0.2, 0) is 9.16 Å². The van der Waals surface area contributed by atoms with Gasteiger partial charge >= 0.3 is 0 Å². The first-order valence-electron chi connectivity index (χ1n) is 6.53. The molecule has 1 aliphatic rings. The molecular weight excluding hydrogens is 311 g/mol. The minimum atomic E-state index is -3.30. The first-order chi connectivity index (χ1) is 9.75. The molecule has 0 radical (unpaired) electrons. The highest BCUT2D eigenvalue weighted by molar-refractivity contribution is 6.84. The monoisotopic (exact) mass is 326 g/mol. The summed E-state index contributed by atoms with van der Waals surface area (Å²) in [5.74, 6) is -9.65. The normalized spacial score (nSPS) is 19.3. The van der Waals surface area contributed by atoms with E-state index in [1.807, 2.05) is 0 Å². The number of ether oxygens (including phenoxy) is 1. The fourth-order valence-corrected chi connectivity index (χ4v) is 4.31. The lowest BCUT2D eigenvalue weighted by atomic mass is 10.2. The van der Waals surface area contributed by atoms with Crippen molar-refractivity contribution in [1.29, 1.82) is 0 Å². The zero-order valence-corrected chi connectivity index (χ0v) is 12.6. The standard InChI is InChI=1S/C13H15F5O2Si/c1-21(2,20-6-7-4-3-5-19-7)13-11(17)9(15)8(14)10(16)12(13)18/h7H,3-6H2,1-2H3. The molecule has 0 aliphatic carbocycles. The van der Waals surface area contributed by atoms with Gasteiger partial charge in [-0.1, -0.05) is 0 Å². The molecule has 2 rings (SSSR count). The molecule has 0 aromatic heterocycles. The summed E-state index contributed by atoms with van der Waals surface area (Å²) in [7, 11) is -3.30. The van der Waals surface area contributed by atoms with Crippen molar-refractivity contribution >= 4 is 13.5 Å². The Balaban J connectivity index is 2.30. The summed E-state index contributed by atoms with van der Waals surface area (Å²) >= 11 is 0. The average Bonchev–Trinajstić information content (AvgIpc) is 2.94. The van der Waals surface area contributed by atoms with Crippen molar-refractivity contribution in [2.45, 2.75) is 32.0 Å². The molecule has 21 heavy (non-hydrogen) atoms. The summed E-state index contributed by atoms with van der Waals surface area (Å²) in [4.78, 5) is 0. The van der Waals surface area contributed by atoms with Gasteiger partial charge in [0.05, 0.1) is 12.7 Å². The predicted molar refractivity (Wildman–Crippen MR) is 68.3 cm³/mol. The molecule has 2 nitrogen and oxygen atoms in total. The molecule has 8 heteroatoms. The molecule has 1 aromatic rings. The molecule has 1 atom stereocenters. The predicted octanol–water partition coefficient (Wildman–Crippen LogP) is 2.99. The zero-order valence-electron chi connectivity index (χ0n) is 11.6. The van der Waals surface area contributed by atoms with E-state index >= 15 is 0 Å². The van der Waals surface area contributed by atoms with Crippen LogP contribution < -0.4 is 5.19 Å². The molecule has 1 fully saturated rings. The van der Waals surface area contributed by atoms with Gasteiger partial charge in [0.2, 0.25) is 14.1 Å². The van der Waals surface area contributed by atoms with Gasteiger partial charge in [0, 0.05) is 11.8 Å². The van der Waals surface area contributed by atoms with Gasteiger partial charge in [-0.2, -0.15) is 0 Å². The molecule has 1 unspecified atom stereocenters. The minimum absolute atomic E-state index is 0.0821. The van der Waals surface area contributed by atoms with Crippen LogP contribution in [0.3, 0.4) is 0 Å². The maximum atomic E-state index is 13.8. The summed E-state index contributed by atoms with van der Waals surface area (Å²) < 4.78 is 78.0. The number of hydrogen-bond donors (Lipinski definition) is 0. The van der Waals surface area contributed by atoms with E-state index in [1.165, 1.54) is 13.1 Å². The number of hydrogen-bond acceptors (Lipinski definition) is 2. The third-order valence-corrected chi connectivity index (χ3v) is 6.00. The van der Waals surface area contributed by atoms with Gasteiger partial charge in [-0.25, -0.2) is 22.0 Å². The second kappa shape index (κ2) is 6.02. The Morgan fingerprint density at radius 2 is 1.52 bits per heavy atom. The second-order valence-electron chi connectivity index (χ2n) is 5.40. The quantitative estimate of drug-likeness (QED) is 0.366. The van der Waals surface area contributed by atoms with E-state index < -0.39 is 42.6 Å². The molecule has 1 aliphatic heterocycles. The van der Waals surface area contributed by atoms with Crippen molar-refractivity contribution in [2.75, 3.05) is 13.2 Å². The molecule has 0 spiro atoms. The Bertz CT molecular complexity index is 515. The number of halogens is 5.